The third-order valence-electron chi connectivity index (χ3n) is 4.09. The quantitative estimate of drug-likeness (QED) is 0.690. The normalized spacial score (nSPS) is 16.1. The number of nitrogens with zero attached hydrogens (tertiary/aromatic N) is 1. The van der Waals surface area contributed by atoms with Crippen LogP contribution in [0.1, 0.15) is 12.2 Å². The average molecular weight is 426 g/mol. The predicted octanol–water partition coefficient (Wildman–Crippen LogP) is 2.16. The zero-order valence-electron chi connectivity index (χ0n) is 14.6. The van der Waals surface area contributed by atoms with E-state index >= 15 is 0 Å². The summed E-state index contributed by atoms with van der Waals surface area (Å²) in [5, 5.41) is 0.715. The summed E-state index contributed by atoms with van der Waals surface area (Å²) in [4.78, 5) is 37.6. The van der Waals surface area contributed by atoms with Gasteiger partial charge in [0.1, 0.15) is 11.5 Å². The number of rotatable bonds is 6. The highest BCUT2D eigenvalue weighted by atomic mass is 35.5. The summed E-state index contributed by atoms with van der Waals surface area (Å²) >= 11 is 11.7. The SMILES string of the molecule is O=C(COc1ccc(Cl)cc1Cl)NNC(=O)C1CC(=O)N(Cc2ccco2)C1. The lowest BCUT2D eigenvalue weighted by molar-refractivity contribution is -0.132. The zero-order chi connectivity index (χ0) is 20.1. The smallest absolute Gasteiger partial charge is 0.276 e. The molecule has 1 aliphatic rings. The molecule has 1 saturated heterocycles. The van der Waals surface area contributed by atoms with E-state index in [0.29, 0.717) is 23.1 Å². The second-order valence-electron chi connectivity index (χ2n) is 6.16. The molecule has 148 valence electrons. The first-order valence-corrected chi connectivity index (χ1v) is 9.14. The van der Waals surface area contributed by atoms with Crippen molar-refractivity contribution in [2.45, 2.75) is 13.0 Å². The predicted molar refractivity (Wildman–Crippen MR) is 100 cm³/mol. The average Bonchev–Trinajstić information content (AvgIpc) is 3.29. The largest absolute Gasteiger partial charge is 0.482 e. The van der Waals surface area contributed by atoms with Gasteiger partial charge in [0.25, 0.3) is 5.91 Å². The molecule has 3 amide bonds. The maximum Gasteiger partial charge on any atom is 0.276 e. The molecular formula is C18H17Cl2N3O5. The van der Waals surface area contributed by atoms with Crippen molar-refractivity contribution in [1.29, 1.82) is 0 Å². The number of ether oxygens (including phenoxy) is 1. The highest BCUT2D eigenvalue weighted by molar-refractivity contribution is 6.35. The Kier molecular flexibility index (Phi) is 6.43. The third kappa shape index (κ3) is 5.17. The van der Waals surface area contributed by atoms with E-state index in [4.69, 9.17) is 32.4 Å². The summed E-state index contributed by atoms with van der Waals surface area (Å²) in [7, 11) is 0. The first kappa shape index (κ1) is 20.0. The molecule has 3 rings (SSSR count). The van der Waals surface area contributed by atoms with Crippen LogP contribution in [0, 0.1) is 5.92 Å². The number of likely N-dealkylation sites (tertiary alicyclic amines) is 1. The van der Waals surface area contributed by atoms with Crippen LogP contribution in [-0.2, 0) is 20.9 Å². The molecule has 0 aliphatic carbocycles. The van der Waals surface area contributed by atoms with E-state index in [1.54, 1.807) is 18.2 Å². The molecule has 0 radical (unpaired) electrons. The number of amides is 3. The van der Waals surface area contributed by atoms with Gasteiger partial charge in [0.15, 0.2) is 6.61 Å². The fourth-order valence-corrected chi connectivity index (χ4v) is 3.16. The number of nitrogens with one attached hydrogen (secondary N) is 2. The number of carbonyl (C=O) groups excluding carboxylic acids is 3. The Bertz CT molecular complexity index is 872. The molecule has 0 saturated carbocycles. The molecule has 1 atom stereocenters. The zero-order valence-corrected chi connectivity index (χ0v) is 16.1. The number of carbonyl (C=O) groups is 3. The van der Waals surface area contributed by atoms with Gasteiger partial charge in [-0.05, 0) is 30.3 Å². The highest BCUT2D eigenvalue weighted by Crippen LogP contribution is 2.27. The first-order chi connectivity index (χ1) is 13.4. The molecule has 28 heavy (non-hydrogen) atoms. The van der Waals surface area contributed by atoms with Crippen molar-refractivity contribution in [3.8, 4) is 5.75 Å². The van der Waals surface area contributed by atoms with Gasteiger partial charge in [0, 0.05) is 18.0 Å². The van der Waals surface area contributed by atoms with E-state index in [1.165, 1.54) is 23.3 Å². The molecule has 1 aromatic heterocycles. The molecule has 2 N–H and O–H groups in total. The molecule has 8 nitrogen and oxygen atoms in total. The molecular weight excluding hydrogens is 409 g/mol. The van der Waals surface area contributed by atoms with Crippen LogP contribution in [0.2, 0.25) is 10.0 Å². The lowest BCUT2D eigenvalue weighted by Crippen LogP contribution is -2.46. The van der Waals surface area contributed by atoms with Gasteiger partial charge in [-0.2, -0.15) is 0 Å². The minimum Gasteiger partial charge on any atom is -0.482 e. The Labute approximate surface area is 170 Å². The number of benzene rings is 1. The maximum absolute atomic E-state index is 12.2. The molecule has 2 heterocycles. The van der Waals surface area contributed by atoms with Crippen LogP contribution in [0.3, 0.4) is 0 Å². The van der Waals surface area contributed by atoms with Gasteiger partial charge in [-0.25, -0.2) is 0 Å². The summed E-state index contributed by atoms with van der Waals surface area (Å²) in [6.07, 6.45) is 1.59. The Hall–Kier alpha value is -2.71. The number of furan rings is 1. The highest BCUT2D eigenvalue weighted by Gasteiger charge is 2.34. The number of hydrogen-bond acceptors (Lipinski definition) is 5. The van der Waals surface area contributed by atoms with Crippen molar-refractivity contribution < 1.29 is 23.5 Å². The fraction of sp³-hybridized carbons (Fsp3) is 0.278. The second kappa shape index (κ2) is 8.99. The molecule has 0 spiro atoms. The molecule has 1 fully saturated rings. The van der Waals surface area contributed by atoms with Crippen LogP contribution < -0.4 is 15.6 Å². The van der Waals surface area contributed by atoms with Crippen LogP contribution in [0.25, 0.3) is 0 Å². The third-order valence-corrected chi connectivity index (χ3v) is 4.62. The number of hydrazine groups is 1. The fourth-order valence-electron chi connectivity index (χ4n) is 2.70. The van der Waals surface area contributed by atoms with Gasteiger partial charge >= 0.3 is 0 Å². The minimum atomic E-state index is -0.573. The van der Waals surface area contributed by atoms with Crippen LogP contribution in [0.4, 0.5) is 0 Å². The standard InChI is InChI=1S/C18H17Cl2N3O5/c19-12-3-4-15(14(20)7-12)28-10-16(24)21-22-18(26)11-6-17(25)23(8-11)9-13-2-1-5-27-13/h1-5,7,11H,6,8-10H2,(H,21,24)(H,22,26). The maximum atomic E-state index is 12.2. The van der Waals surface area contributed by atoms with E-state index in [-0.39, 0.29) is 30.5 Å². The van der Waals surface area contributed by atoms with E-state index in [0.717, 1.165) is 0 Å². The van der Waals surface area contributed by atoms with E-state index in [1.807, 2.05) is 0 Å². The van der Waals surface area contributed by atoms with Crippen molar-refractivity contribution >= 4 is 40.9 Å². The molecule has 10 heteroatoms. The van der Waals surface area contributed by atoms with Crippen LogP contribution in [-0.4, -0.2) is 35.8 Å². The first-order valence-electron chi connectivity index (χ1n) is 8.39. The Morgan fingerprint density at radius 1 is 1.25 bits per heavy atom. The number of halogens is 2. The summed E-state index contributed by atoms with van der Waals surface area (Å²) in [6, 6.07) is 8.09. The minimum absolute atomic E-state index is 0.0687. The van der Waals surface area contributed by atoms with Gasteiger partial charge in [-0.1, -0.05) is 23.2 Å². The second-order valence-corrected chi connectivity index (χ2v) is 7.00. The van der Waals surface area contributed by atoms with Gasteiger partial charge < -0.3 is 14.1 Å². The number of hydrogen-bond donors (Lipinski definition) is 2. The van der Waals surface area contributed by atoms with Crippen molar-refractivity contribution in [3.05, 3.63) is 52.4 Å². The Morgan fingerprint density at radius 3 is 2.79 bits per heavy atom. The summed E-state index contributed by atoms with van der Waals surface area (Å²) in [6.45, 7) is 0.200. The van der Waals surface area contributed by atoms with E-state index in [2.05, 4.69) is 10.9 Å². The Balaban J connectivity index is 1.42. The van der Waals surface area contributed by atoms with Crippen molar-refractivity contribution in [3.63, 3.8) is 0 Å². The Morgan fingerprint density at radius 2 is 2.07 bits per heavy atom. The van der Waals surface area contributed by atoms with Crippen molar-refractivity contribution in [2.75, 3.05) is 13.2 Å². The van der Waals surface area contributed by atoms with Crippen molar-refractivity contribution in [1.82, 2.24) is 15.8 Å². The van der Waals surface area contributed by atoms with Gasteiger partial charge in [0.2, 0.25) is 11.8 Å². The van der Waals surface area contributed by atoms with Gasteiger partial charge in [-0.15, -0.1) is 0 Å². The summed E-state index contributed by atoms with van der Waals surface area (Å²) in [5.74, 6) is -0.800. The van der Waals surface area contributed by atoms with Gasteiger partial charge in [-0.3, -0.25) is 25.2 Å². The molecule has 2 aromatic rings. The van der Waals surface area contributed by atoms with Crippen LogP contribution >= 0.6 is 23.2 Å². The van der Waals surface area contributed by atoms with Crippen molar-refractivity contribution in [2.24, 2.45) is 5.92 Å². The molecule has 1 unspecified atom stereocenters. The van der Waals surface area contributed by atoms with E-state index in [9.17, 15) is 14.4 Å². The summed E-state index contributed by atoms with van der Waals surface area (Å²) < 4.78 is 10.5. The lowest BCUT2D eigenvalue weighted by atomic mass is 10.1. The van der Waals surface area contributed by atoms with Gasteiger partial charge in [0.05, 0.1) is 23.7 Å². The molecule has 0 bridgehead atoms. The van der Waals surface area contributed by atoms with E-state index < -0.39 is 17.7 Å². The monoisotopic (exact) mass is 425 g/mol. The molecule has 1 aliphatic heterocycles. The summed E-state index contributed by atoms with van der Waals surface area (Å²) in [5.41, 5.74) is 4.56. The van der Waals surface area contributed by atoms with Crippen LogP contribution in [0.5, 0.6) is 5.75 Å². The molecule has 1 aromatic carbocycles. The van der Waals surface area contributed by atoms with Crippen LogP contribution in [0.15, 0.2) is 41.0 Å². The topological polar surface area (TPSA) is 101 Å². The lowest BCUT2D eigenvalue weighted by Gasteiger charge is -2.15.